The number of aliphatic hydroxyl groups is 1. The van der Waals surface area contributed by atoms with Crippen LogP contribution in [-0.4, -0.2) is 61.8 Å². The summed E-state index contributed by atoms with van der Waals surface area (Å²) in [6.07, 6.45) is 5.50. The zero-order chi connectivity index (χ0) is 20.0. The molecule has 2 atom stereocenters. The number of rotatable bonds is 12. The van der Waals surface area contributed by atoms with E-state index in [1.54, 1.807) is 0 Å². The maximum absolute atomic E-state index is 9.24. The lowest BCUT2D eigenvalue weighted by molar-refractivity contribution is 0.253. The van der Waals surface area contributed by atoms with E-state index in [-0.39, 0.29) is 30.6 Å². The SMILES string of the molecule is CCCC(CCO)CN=C(NCC)NCC1CCN(CCc2ccccc2)C1.I. The Kier molecular flexibility index (Phi) is 14.4. The Balaban J connectivity index is 0.00000420. The Morgan fingerprint density at radius 3 is 2.69 bits per heavy atom. The predicted octanol–water partition coefficient (Wildman–Crippen LogP) is 3.52. The van der Waals surface area contributed by atoms with Crippen LogP contribution in [0, 0.1) is 11.8 Å². The van der Waals surface area contributed by atoms with Crippen molar-refractivity contribution in [2.45, 2.75) is 46.0 Å². The number of guanidine groups is 1. The number of hydrogen-bond donors (Lipinski definition) is 3. The maximum Gasteiger partial charge on any atom is 0.191 e. The summed E-state index contributed by atoms with van der Waals surface area (Å²) in [4.78, 5) is 7.36. The van der Waals surface area contributed by atoms with Crippen LogP contribution < -0.4 is 10.6 Å². The summed E-state index contributed by atoms with van der Waals surface area (Å²) in [5.41, 5.74) is 1.43. The van der Waals surface area contributed by atoms with Crippen molar-refractivity contribution in [3.05, 3.63) is 35.9 Å². The van der Waals surface area contributed by atoms with Crippen molar-refractivity contribution in [3.8, 4) is 0 Å². The van der Waals surface area contributed by atoms with E-state index in [4.69, 9.17) is 4.99 Å². The summed E-state index contributed by atoms with van der Waals surface area (Å²) < 4.78 is 0. The lowest BCUT2D eigenvalue weighted by Crippen LogP contribution is -2.40. The second-order valence-corrected chi connectivity index (χ2v) is 7.96. The summed E-state index contributed by atoms with van der Waals surface area (Å²) >= 11 is 0. The topological polar surface area (TPSA) is 59.9 Å². The molecule has 1 aliphatic rings. The largest absolute Gasteiger partial charge is 0.396 e. The number of likely N-dealkylation sites (tertiary alicyclic amines) is 1. The molecule has 1 aromatic carbocycles. The first-order valence-electron chi connectivity index (χ1n) is 11.1. The van der Waals surface area contributed by atoms with Gasteiger partial charge < -0.3 is 20.6 Å². The third-order valence-corrected chi connectivity index (χ3v) is 5.57. The minimum Gasteiger partial charge on any atom is -0.396 e. The van der Waals surface area contributed by atoms with Crippen LogP contribution in [0.1, 0.15) is 45.1 Å². The van der Waals surface area contributed by atoms with Gasteiger partial charge in [0.25, 0.3) is 0 Å². The molecule has 0 spiro atoms. The van der Waals surface area contributed by atoms with E-state index < -0.39 is 0 Å². The molecule has 0 amide bonds. The molecule has 1 aromatic rings. The lowest BCUT2D eigenvalue weighted by atomic mass is 10.0. The molecule has 5 nitrogen and oxygen atoms in total. The highest BCUT2D eigenvalue weighted by molar-refractivity contribution is 14.0. The van der Waals surface area contributed by atoms with Gasteiger partial charge in [-0.3, -0.25) is 4.99 Å². The Bertz CT molecular complexity index is 549. The van der Waals surface area contributed by atoms with Crippen molar-refractivity contribution in [1.29, 1.82) is 0 Å². The van der Waals surface area contributed by atoms with Gasteiger partial charge in [-0.1, -0.05) is 43.7 Å². The summed E-state index contributed by atoms with van der Waals surface area (Å²) in [6, 6.07) is 10.8. The average Bonchev–Trinajstić information content (AvgIpc) is 3.17. The maximum atomic E-state index is 9.24. The fourth-order valence-electron chi connectivity index (χ4n) is 3.94. The van der Waals surface area contributed by atoms with Gasteiger partial charge in [0.2, 0.25) is 0 Å². The van der Waals surface area contributed by atoms with Crippen molar-refractivity contribution in [2.75, 3.05) is 45.9 Å². The molecule has 1 fully saturated rings. The van der Waals surface area contributed by atoms with Crippen molar-refractivity contribution < 1.29 is 5.11 Å². The molecule has 0 saturated carbocycles. The van der Waals surface area contributed by atoms with Gasteiger partial charge in [0.15, 0.2) is 5.96 Å². The second-order valence-electron chi connectivity index (χ2n) is 7.96. The van der Waals surface area contributed by atoms with Gasteiger partial charge in [0.05, 0.1) is 0 Å². The van der Waals surface area contributed by atoms with Gasteiger partial charge >= 0.3 is 0 Å². The van der Waals surface area contributed by atoms with Crippen LogP contribution in [0.2, 0.25) is 0 Å². The van der Waals surface area contributed by atoms with E-state index >= 15 is 0 Å². The number of benzene rings is 1. The van der Waals surface area contributed by atoms with Gasteiger partial charge in [-0.25, -0.2) is 0 Å². The van der Waals surface area contributed by atoms with Gasteiger partial charge in [0.1, 0.15) is 0 Å². The summed E-state index contributed by atoms with van der Waals surface area (Å²) in [7, 11) is 0. The Morgan fingerprint density at radius 1 is 1.21 bits per heavy atom. The number of nitrogens with one attached hydrogen (secondary N) is 2. The highest BCUT2D eigenvalue weighted by Crippen LogP contribution is 2.16. The van der Waals surface area contributed by atoms with Crippen molar-refractivity contribution in [2.24, 2.45) is 16.8 Å². The first-order valence-corrected chi connectivity index (χ1v) is 11.1. The summed E-state index contributed by atoms with van der Waals surface area (Å²) in [5.74, 6) is 2.08. The molecule has 3 N–H and O–H groups in total. The third-order valence-electron chi connectivity index (χ3n) is 5.57. The molecule has 0 aliphatic carbocycles. The van der Waals surface area contributed by atoms with Crippen molar-refractivity contribution in [3.63, 3.8) is 0 Å². The summed E-state index contributed by atoms with van der Waals surface area (Å²) in [5, 5.41) is 16.1. The molecule has 0 aromatic heterocycles. The number of aliphatic imine (C=N–C) groups is 1. The minimum absolute atomic E-state index is 0. The molecular formula is C23H41IN4O. The highest BCUT2D eigenvalue weighted by Gasteiger charge is 2.22. The average molecular weight is 517 g/mol. The van der Waals surface area contributed by atoms with E-state index in [1.807, 2.05) is 0 Å². The zero-order valence-corrected chi connectivity index (χ0v) is 20.6. The zero-order valence-electron chi connectivity index (χ0n) is 18.3. The first-order chi connectivity index (χ1) is 13.7. The molecule has 2 rings (SSSR count). The lowest BCUT2D eigenvalue weighted by Gasteiger charge is -2.18. The van der Waals surface area contributed by atoms with Crippen molar-refractivity contribution >= 4 is 29.9 Å². The second kappa shape index (κ2) is 15.9. The van der Waals surface area contributed by atoms with E-state index in [0.717, 1.165) is 57.8 Å². The number of aliphatic hydroxyl groups excluding tert-OH is 1. The molecule has 1 aliphatic heterocycles. The molecule has 0 bridgehead atoms. The molecule has 0 radical (unpaired) electrons. The molecular weight excluding hydrogens is 475 g/mol. The van der Waals surface area contributed by atoms with Crippen LogP contribution in [0.25, 0.3) is 0 Å². The van der Waals surface area contributed by atoms with Crippen molar-refractivity contribution in [1.82, 2.24) is 15.5 Å². The molecule has 166 valence electrons. The first kappa shape index (κ1) is 26.2. The van der Waals surface area contributed by atoms with Crippen LogP contribution >= 0.6 is 24.0 Å². The summed E-state index contributed by atoms with van der Waals surface area (Å²) in [6.45, 7) is 10.7. The normalized spacial score (nSPS) is 18.3. The van der Waals surface area contributed by atoms with Gasteiger partial charge in [-0.2, -0.15) is 0 Å². The number of halogens is 1. The number of hydrogen-bond acceptors (Lipinski definition) is 3. The molecule has 2 unspecified atom stereocenters. The Morgan fingerprint density at radius 2 is 2.00 bits per heavy atom. The molecule has 1 heterocycles. The van der Waals surface area contributed by atoms with Crippen LogP contribution in [0.4, 0.5) is 0 Å². The fourth-order valence-corrected chi connectivity index (χ4v) is 3.94. The van der Waals surface area contributed by atoms with Crippen LogP contribution in [0.15, 0.2) is 35.3 Å². The van der Waals surface area contributed by atoms with E-state index in [0.29, 0.717) is 11.8 Å². The Labute approximate surface area is 194 Å². The standard InChI is InChI=1S/C23H40N4O.HI/c1-3-8-21(13-16-28)17-25-23(24-4-2)26-18-22-12-15-27(19-22)14-11-20-9-6-5-7-10-20;/h5-7,9-10,21-22,28H,3-4,8,11-19H2,1-2H3,(H2,24,25,26);1H. The fraction of sp³-hybridized carbons (Fsp3) is 0.696. The van der Waals surface area contributed by atoms with E-state index in [1.165, 1.54) is 25.1 Å². The van der Waals surface area contributed by atoms with Crippen LogP contribution in [0.3, 0.4) is 0 Å². The van der Waals surface area contributed by atoms with E-state index in [2.05, 4.69) is 59.7 Å². The third kappa shape index (κ3) is 10.6. The predicted molar refractivity (Wildman–Crippen MR) is 134 cm³/mol. The van der Waals surface area contributed by atoms with E-state index in [9.17, 15) is 5.11 Å². The molecule has 29 heavy (non-hydrogen) atoms. The highest BCUT2D eigenvalue weighted by atomic mass is 127. The minimum atomic E-state index is 0. The smallest absolute Gasteiger partial charge is 0.191 e. The van der Waals surface area contributed by atoms with Gasteiger partial charge in [-0.15, -0.1) is 24.0 Å². The Hall–Kier alpha value is -0.860. The molecule has 1 saturated heterocycles. The monoisotopic (exact) mass is 516 g/mol. The quantitative estimate of drug-likeness (QED) is 0.226. The van der Waals surface area contributed by atoms with Gasteiger partial charge in [-0.05, 0) is 56.6 Å². The van der Waals surface area contributed by atoms with Gasteiger partial charge in [0, 0.05) is 39.3 Å². The molecule has 6 heteroatoms. The van der Waals surface area contributed by atoms with Crippen LogP contribution in [-0.2, 0) is 6.42 Å². The van der Waals surface area contributed by atoms with Crippen LogP contribution in [0.5, 0.6) is 0 Å². The number of nitrogens with zero attached hydrogens (tertiary/aromatic N) is 2.